The molecular weight excluding hydrogens is 901 g/mol. The molecule has 0 aliphatic heterocycles. The Morgan fingerprint density at radius 1 is 0.529 bits per heavy atom. The van der Waals surface area contributed by atoms with Gasteiger partial charge in [-0.15, -0.1) is 0 Å². The van der Waals surface area contributed by atoms with Gasteiger partial charge in [-0.25, -0.2) is 9.78 Å². The lowest BCUT2D eigenvalue weighted by molar-refractivity contribution is -0.145. The number of carboxylic acids is 3. The Labute approximate surface area is 388 Å². The molecule has 68 heavy (non-hydrogen) atoms. The van der Waals surface area contributed by atoms with E-state index in [4.69, 9.17) is 17.2 Å². The Morgan fingerprint density at radius 3 is 1.38 bits per heavy atom. The van der Waals surface area contributed by atoms with E-state index in [1.54, 1.807) is 44.2 Å². The fraction of sp³-hybridized carbons (Fsp3) is 0.488. The average Bonchev–Trinajstić information content (AvgIpc) is 3.76. The summed E-state index contributed by atoms with van der Waals surface area (Å²) in [6.07, 6.45) is -2.24. The Kier molecular flexibility index (Phi) is 22.2. The lowest BCUT2D eigenvalue weighted by Crippen LogP contribution is -2.61. The average molecular weight is 959 g/mol. The molecular formula is C41H58N12O15. The van der Waals surface area contributed by atoms with Crippen LogP contribution < -0.4 is 54.4 Å². The number of carboxylic acid groups (broad SMARTS) is 3. The van der Waals surface area contributed by atoms with Gasteiger partial charge >= 0.3 is 17.9 Å². The lowest BCUT2D eigenvalue weighted by Gasteiger charge is -2.28. The molecule has 1 aromatic heterocycles. The topological polar surface area (TPSA) is 456 Å². The SMILES string of the molecule is CC(C)C(N)C(=O)NC(Cc1ccccc1)C(=O)NC(C(=O)NC(CC(=O)O)C(=O)NC(CC(N)=O)C(=O)NC(Cc1cnc[nH]1)C(=O)NC(CC(=O)O)C(=O)NC(CC(N)=O)C(=O)O)C(C)C. The molecule has 2 rings (SSSR count). The van der Waals surface area contributed by atoms with Crippen LogP contribution in [0, 0.1) is 11.8 Å². The van der Waals surface area contributed by atoms with E-state index in [1.807, 2.05) is 5.32 Å². The highest BCUT2D eigenvalue weighted by molar-refractivity contribution is 6.00. The number of nitrogens with one attached hydrogen (secondary N) is 8. The molecule has 1 aromatic carbocycles. The Morgan fingerprint density at radius 2 is 0.941 bits per heavy atom. The summed E-state index contributed by atoms with van der Waals surface area (Å²) in [6, 6.07) is -4.88. The molecule has 0 saturated carbocycles. The van der Waals surface area contributed by atoms with Crippen molar-refractivity contribution in [3.05, 3.63) is 54.1 Å². The maximum atomic E-state index is 13.8. The van der Waals surface area contributed by atoms with Gasteiger partial charge in [0.05, 0.1) is 38.1 Å². The highest BCUT2D eigenvalue weighted by atomic mass is 16.4. The van der Waals surface area contributed by atoms with Crippen LogP contribution in [-0.2, 0) is 70.4 Å². The molecule has 0 spiro atoms. The number of H-pyrrole nitrogens is 1. The number of aromatic nitrogens is 2. The summed E-state index contributed by atoms with van der Waals surface area (Å²) in [7, 11) is 0. The summed E-state index contributed by atoms with van der Waals surface area (Å²) < 4.78 is 0. The van der Waals surface area contributed by atoms with Gasteiger partial charge in [-0.2, -0.15) is 0 Å². The van der Waals surface area contributed by atoms with E-state index in [9.17, 15) is 72.9 Å². The first-order valence-corrected chi connectivity index (χ1v) is 20.9. The molecule has 0 radical (unpaired) electrons. The molecule has 372 valence electrons. The van der Waals surface area contributed by atoms with Crippen LogP contribution in [0.3, 0.4) is 0 Å². The number of nitrogens with two attached hydrogens (primary N) is 3. The zero-order chi connectivity index (χ0) is 51.4. The van der Waals surface area contributed by atoms with Gasteiger partial charge in [0.1, 0.15) is 42.3 Å². The first-order valence-electron chi connectivity index (χ1n) is 20.9. The number of aromatic amines is 1. The fourth-order valence-electron chi connectivity index (χ4n) is 6.17. The standard InChI is InChI=1S/C41H58N12O15/c1-18(2)32(44)39(65)50-22(10-20-8-6-5-7-9-20)38(64)53-33(19(3)4)40(66)51-26(15-31(58)59)36(62)48-24(12-28(42)54)35(61)47-23(11-21-16-45-17-46-21)34(60)49-25(14-30(56)57)37(63)52-27(41(67)68)13-29(43)55/h5-9,16-19,22-27,32-33H,10-15,44H2,1-4H3,(H2,42,54)(H2,43,55)(H,45,46)(H,47,61)(H,48,62)(H,49,60)(H,50,65)(H,51,66)(H,52,63)(H,53,64)(H,56,57)(H,58,59)(H,67,68). The van der Waals surface area contributed by atoms with Gasteiger partial charge < -0.3 is 74.7 Å². The van der Waals surface area contributed by atoms with Crippen LogP contribution in [0.5, 0.6) is 0 Å². The van der Waals surface area contributed by atoms with Gasteiger partial charge in [-0.3, -0.25) is 52.7 Å². The van der Waals surface area contributed by atoms with E-state index >= 15 is 0 Å². The normalized spacial score (nSPS) is 14.5. The van der Waals surface area contributed by atoms with Crippen molar-refractivity contribution in [3.63, 3.8) is 0 Å². The number of imidazole rings is 1. The van der Waals surface area contributed by atoms with Crippen molar-refractivity contribution >= 4 is 71.1 Å². The quantitative estimate of drug-likeness (QED) is 0.0363. The molecule has 17 N–H and O–H groups in total. The third-order valence-electron chi connectivity index (χ3n) is 9.88. The lowest BCUT2D eigenvalue weighted by atomic mass is 9.99. The van der Waals surface area contributed by atoms with Gasteiger partial charge in [0.2, 0.25) is 53.2 Å². The summed E-state index contributed by atoms with van der Waals surface area (Å²) in [6.45, 7) is 6.44. The highest BCUT2D eigenvalue weighted by Crippen LogP contribution is 2.10. The van der Waals surface area contributed by atoms with Gasteiger partial charge in [0.25, 0.3) is 0 Å². The second kappa shape index (κ2) is 26.9. The van der Waals surface area contributed by atoms with Gasteiger partial charge in [-0.05, 0) is 17.4 Å². The van der Waals surface area contributed by atoms with Crippen LogP contribution in [0.2, 0.25) is 0 Å². The number of benzene rings is 1. The third kappa shape index (κ3) is 19.2. The van der Waals surface area contributed by atoms with Crippen LogP contribution in [-0.4, -0.2) is 145 Å². The van der Waals surface area contributed by atoms with E-state index in [1.165, 1.54) is 26.4 Å². The van der Waals surface area contributed by atoms with E-state index in [2.05, 4.69) is 41.9 Å². The van der Waals surface area contributed by atoms with Crippen molar-refractivity contribution in [3.8, 4) is 0 Å². The Hall–Kier alpha value is -7.97. The molecule has 9 amide bonds. The van der Waals surface area contributed by atoms with Crippen LogP contribution in [0.25, 0.3) is 0 Å². The summed E-state index contributed by atoms with van der Waals surface area (Å²) in [5.41, 5.74) is 17.2. The minimum Gasteiger partial charge on any atom is -0.481 e. The number of hydrogen-bond donors (Lipinski definition) is 14. The summed E-state index contributed by atoms with van der Waals surface area (Å²) >= 11 is 0. The zero-order valence-corrected chi connectivity index (χ0v) is 37.5. The first kappa shape index (κ1) is 56.2. The molecule has 1 heterocycles. The minimum absolute atomic E-state index is 0.0305. The van der Waals surface area contributed by atoms with E-state index in [-0.39, 0.29) is 18.0 Å². The van der Waals surface area contributed by atoms with Crippen molar-refractivity contribution in [2.45, 2.75) is 115 Å². The maximum absolute atomic E-state index is 13.8. The van der Waals surface area contributed by atoms with Crippen molar-refractivity contribution in [1.29, 1.82) is 0 Å². The van der Waals surface area contributed by atoms with Crippen molar-refractivity contribution in [2.75, 3.05) is 0 Å². The molecule has 0 fully saturated rings. The predicted molar refractivity (Wildman–Crippen MR) is 233 cm³/mol. The number of rotatable bonds is 29. The number of primary amides is 2. The summed E-state index contributed by atoms with van der Waals surface area (Å²) in [4.78, 5) is 160. The Balaban J connectivity index is 2.41. The van der Waals surface area contributed by atoms with Crippen LogP contribution in [0.1, 0.15) is 64.6 Å². The smallest absolute Gasteiger partial charge is 0.326 e. The molecule has 0 saturated heterocycles. The van der Waals surface area contributed by atoms with Gasteiger partial charge in [-0.1, -0.05) is 58.0 Å². The largest absolute Gasteiger partial charge is 0.481 e. The van der Waals surface area contributed by atoms with Crippen molar-refractivity contribution in [2.24, 2.45) is 29.0 Å². The number of aliphatic carboxylic acids is 3. The third-order valence-corrected chi connectivity index (χ3v) is 9.88. The zero-order valence-electron chi connectivity index (χ0n) is 37.5. The van der Waals surface area contributed by atoms with Crippen molar-refractivity contribution in [1.82, 2.24) is 47.2 Å². The molecule has 8 atom stereocenters. The van der Waals surface area contributed by atoms with E-state index < -0.39 is 157 Å². The van der Waals surface area contributed by atoms with Gasteiger partial charge in [0, 0.05) is 24.7 Å². The van der Waals surface area contributed by atoms with E-state index in [0.717, 1.165) is 0 Å². The van der Waals surface area contributed by atoms with Crippen LogP contribution in [0.15, 0.2) is 42.9 Å². The second-order valence-electron chi connectivity index (χ2n) is 16.2. The molecule has 8 unspecified atom stereocenters. The number of hydrogen-bond acceptors (Lipinski definition) is 14. The minimum atomic E-state index is -2.02. The number of carbonyl (C=O) groups is 12. The molecule has 0 aliphatic carbocycles. The summed E-state index contributed by atoms with van der Waals surface area (Å²) in [5, 5.41) is 44.3. The van der Waals surface area contributed by atoms with Crippen LogP contribution >= 0.6 is 0 Å². The number of carbonyl (C=O) groups excluding carboxylic acids is 9. The Bertz CT molecular complexity index is 2150. The van der Waals surface area contributed by atoms with Gasteiger partial charge in [0.15, 0.2) is 0 Å². The number of amides is 9. The monoisotopic (exact) mass is 958 g/mol. The maximum Gasteiger partial charge on any atom is 0.326 e. The van der Waals surface area contributed by atoms with Crippen LogP contribution in [0.4, 0.5) is 0 Å². The summed E-state index contributed by atoms with van der Waals surface area (Å²) in [5.74, 6) is -16.3. The van der Waals surface area contributed by atoms with E-state index in [0.29, 0.717) is 5.56 Å². The molecule has 27 heteroatoms. The molecule has 27 nitrogen and oxygen atoms in total. The predicted octanol–water partition coefficient (Wildman–Crippen LogP) is -4.99. The fourth-order valence-corrected chi connectivity index (χ4v) is 6.17. The highest BCUT2D eigenvalue weighted by Gasteiger charge is 2.37. The first-order chi connectivity index (χ1) is 31.8. The molecule has 0 aliphatic rings. The van der Waals surface area contributed by atoms with Crippen molar-refractivity contribution < 1.29 is 72.9 Å². The number of nitrogens with zero attached hydrogens (tertiary/aromatic N) is 1. The molecule has 2 aromatic rings. The second-order valence-corrected chi connectivity index (χ2v) is 16.2. The molecule has 0 bridgehead atoms.